The second-order valence-electron chi connectivity index (χ2n) is 5.38. The molecule has 3 rings (SSSR count). The van der Waals surface area contributed by atoms with Gasteiger partial charge in [0.25, 0.3) is 5.91 Å². The quantitative estimate of drug-likeness (QED) is 0.591. The molecule has 0 atom stereocenters. The predicted molar refractivity (Wildman–Crippen MR) is 93.9 cm³/mol. The van der Waals surface area contributed by atoms with E-state index >= 15 is 0 Å². The molecule has 1 amide bonds. The highest BCUT2D eigenvalue weighted by Gasteiger charge is 2.10. The van der Waals surface area contributed by atoms with Gasteiger partial charge in [0.15, 0.2) is 0 Å². The van der Waals surface area contributed by atoms with Crippen LogP contribution in [-0.4, -0.2) is 21.2 Å². The Bertz CT molecular complexity index is 891. The van der Waals surface area contributed by atoms with Gasteiger partial charge in [-0.1, -0.05) is 12.1 Å². The van der Waals surface area contributed by atoms with E-state index < -0.39 is 0 Å². The average molecular weight is 326 g/mol. The van der Waals surface area contributed by atoms with Gasteiger partial charge < -0.3 is 4.57 Å². The van der Waals surface area contributed by atoms with Gasteiger partial charge in [0.1, 0.15) is 12.4 Å². The largest absolute Gasteiger partial charge is 0.319 e. The van der Waals surface area contributed by atoms with Crippen molar-refractivity contribution in [3.8, 4) is 0 Å². The number of hydrazone groups is 1. The van der Waals surface area contributed by atoms with Crippen molar-refractivity contribution >= 4 is 34.0 Å². The Hall–Kier alpha value is -2.47. The highest BCUT2D eigenvalue weighted by molar-refractivity contribution is 7.14. The van der Waals surface area contributed by atoms with Gasteiger partial charge in [-0.25, -0.2) is 10.4 Å². The lowest BCUT2D eigenvalue weighted by atomic mass is 10.3. The molecule has 1 aromatic carbocycles. The van der Waals surface area contributed by atoms with Crippen LogP contribution in [0.15, 0.2) is 41.5 Å². The first-order valence-electron chi connectivity index (χ1n) is 7.36. The number of carbonyl (C=O) groups is 1. The predicted octanol–water partition coefficient (Wildman–Crippen LogP) is 3.26. The average Bonchev–Trinajstić information content (AvgIpc) is 3.09. The topological polar surface area (TPSA) is 59.3 Å². The Morgan fingerprint density at radius 2 is 2.04 bits per heavy atom. The van der Waals surface area contributed by atoms with E-state index in [0.717, 1.165) is 27.4 Å². The molecule has 0 radical (unpaired) electrons. The summed E-state index contributed by atoms with van der Waals surface area (Å²) in [6.07, 6.45) is 0. The van der Waals surface area contributed by atoms with Crippen LogP contribution in [0.5, 0.6) is 0 Å². The number of hydrogen-bond acceptors (Lipinski definition) is 4. The van der Waals surface area contributed by atoms with E-state index in [2.05, 4.69) is 15.5 Å². The zero-order chi connectivity index (χ0) is 16.4. The minimum absolute atomic E-state index is 0.163. The van der Waals surface area contributed by atoms with Crippen LogP contribution in [0.3, 0.4) is 0 Å². The second kappa shape index (κ2) is 6.34. The van der Waals surface area contributed by atoms with E-state index in [1.165, 1.54) is 4.88 Å². The van der Waals surface area contributed by atoms with Crippen molar-refractivity contribution in [2.24, 2.45) is 5.10 Å². The number of rotatable bonds is 4. The summed E-state index contributed by atoms with van der Waals surface area (Å²) in [4.78, 5) is 18.9. The molecule has 0 spiro atoms. The molecule has 0 saturated carbocycles. The van der Waals surface area contributed by atoms with Crippen molar-refractivity contribution in [2.45, 2.75) is 27.3 Å². The lowest BCUT2D eigenvalue weighted by molar-refractivity contribution is -0.121. The van der Waals surface area contributed by atoms with Crippen molar-refractivity contribution < 1.29 is 4.79 Å². The zero-order valence-corrected chi connectivity index (χ0v) is 14.1. The first-order chi connectivity index (χ1) is 11.0. The van der Waals surface area contributed by atoms with E-state index in [4.69, 9.17) is 0 Å². The van der Waals surface area contributed by atoms with Crippen LogP contribution in [0, 0.1) is 13.8 Å². The summed E-state index contributed by atoms with van der Waals surface area (Å²) in [7, 11) is 0. The molecular weight excluding hydrogens is 308 g/mol. The van der Waals surface area contributed by atoms with E-state index in [0.29, 0.717) is 0 Å². The fraction of sp³-hybridized carbons (Fsp3) is 0.235. The van der Waals surface area contributed by atoms with Gasteiger partial charge >= 0.3 is 0 Å². The third-order valence-corrected chi connectivity index (χ3v) is 4.70. The standard InChI is InChI=1S/C17H18N4OS/c1-11-8-9-16(23-11)12(2)19-20-17(22)10-21-13(3)18-14-6-4-5-7-15(14)21/h4-9H,10H2,1-3H3,(H,20,22)/b19-12-. The fourth-order valence-corrected chi connectivity index (χ4v) is 3.22. The minimum Gasteiger partial charge on any atom is -0.319 e. The SMILES string of the molecule is C/C(=N/NC(=O)Cn1c(C)nc2ccccc21)c1ccc(C)s1. The number of aromatic nitrogens is 2. The third kappa shape index (κ3) is 3.32. The van der Waals surface area contributed by atoms with Crippen molar-refractivity contribution in [2.75, 3.05) is 0 Å². The summed E-state index contributed by atoms with van der Waals surface area (Å²) < 4.78 is 1.89. The van der Waals surface area contributed by atoms with Crippen molar-refractivity contribution in [1.82, 2.24) is 15.0 Å². The molecule has 0 saturated heterocycles. The number of amides is 1. The molecule has 0 unspecified atom stereocenters. The second-order valence-corrected chi connectivity index (χ2v) is 6.66. The van der Waals surface area contributed by atoms with Crippen LogP contribution in [0.25, 0.3) is 11.0 Å². The van der Waals surface area contributed by atoms with Gasteiger partial charge in [-0.3, -0.25) is 4.79 Å². The smallest absolute Gasteiger partial charge is 0.260 e. The number of para-hydroxylation sites is 2. The molecule has 23 heavy (non-hydrogen) atoms. The zero-order valence-electron chi connectivity index (χ0n) is 13.3. The minimum atomic E-state index is -0.163. The van der Waals surface area contributed by atoms with E-state index in [1.54, 1.807) is 11.3 Å². The maximum Gasteiger partial charge on any atom is 0.260 e. The molecule has 0 bridgehead atoms. The molecule has 0 aliphatic heterocycles. The lowest BCUT2D eigenvalue weighted by Gasteiger charge is -2.06. The first kappa shape index (κ1) is 15.4. The van der Waals surface area contributed by atoms with Crippen LogP contribution in [-0.2, 0) is 11.3 Å². The van der Waals surface area contributed by atoms with Crippen LogP contribution >= 0.6 is 11.3 Å². The van der Waals surface area contributed by atoms with Gasteiger partial charge in [0.2, 0.25) is 0 Å². The number of carbonyl (C=O) groups excluding carboxylic acids is 1. The summed E-state index contributed by atoms with van der Waals surface area (Å²) in [6, 6.07) is 11.8. The van der Waals surface area contributed by atoms with Crippen LogP contribution in [0.4, 0.5) is 0 Å². The maximum atomic E-state index is 12.2. The molecule has 0 fully saturated rings. The molecule has 2 heterocycles. The van der Waals surface area contributed by atoms with Crippen LogP contribution < -0.4 is 5.43 Å². The number of imidazole rings is 1. The number of nitrogens with one attached hydrogen (secondary N) is 1. The highest BCUT2D eigenvalue weighted by atomic mass is 32.1. The molecule has 1 N–H and O–H groups in total. The first-order valence-corrected chi connectivity index (χ1v) is 8.18. The van der Waals surface area contributed by atoms with E-state index in [9.17, 15) is 4.79 Å². The monoisotopic (exact) mass is 326 g/mol. The Balaban J connectivity index is 1.73. The number of nitrogens with zero attached hydrogens (tertiary/aromatic N) is 3. The van der Waals surface area contributed by atoms with Gasteiger partial charge in [-0.05, 0) is 45.0 Å². The number of aryl methyl sites for hydroxylation is 2. The maximum absolute atomic E-state index is 12.2. The highest BCUT2D eigenvalue weighted by Crippen LogP contribution is 2.16. The summed E-state index contributed by atoms with van der Waals surface area (Å²) in [5, 5.41) is 4.19. The van der Waals surface area contributed by atoms with Crippen molar-refractivity contribution in [3.63, 3.8) is 0 Å². The number of benzene rings is 1. The van der Waals surface area contributed by atoms with Crippen molar-refractivity contribution in [1.29, 1.82) is 0 Å². The molecule has 0 aliphatic rings. The van der Waals surface area contributed by atoms with E-state index in [1.807, 2.05) is 61.7 Å². The van der Waals surface area contributed by atoms with Crippen LogP contribution in [0.2, 0.25) is 0 Å². The fourth-order valence-electron chi connectivity index (χ4n) is 2.40. The molecule has 6 heteroatoms. The summed E-state index contributed by atoms with van der Waals surface area (Å²) in [6.45, 7) is 6.04. The van der Waals surface area contributed by atoms with Crippen LogP contribution in [0.1, 0.15) is 22.5 Å². The number of hydrogen-bond donors (Lipinski definition) is 1. The third-order valence-electron chi connectivity index (χ3n) is 3.59. The number of thiophene rings is 1. The summed E-state index contributed by atoms with van der Waals surface area (Å²) in [5.41, 5.74) is 5.28. The molecular formula is C17H18N4OS. The van der Waals surface area contributed by atoms with Crippen molar-refractivity contribution in [3.05, 3.63) is 52.0 Å². The number of fused-ring (bicyclic) bond motifs is 1. The molecule has 5 nitrogen and oxygen atoms in total. The Morgan fingerprint density at radius 1 is 1.26 bits per heavy atom. The van der Waals surface area contributed by atoms with Gasteiger partial charge in [0, 0.05) is 4.88 Å². The van der Waals surface area contributed by atoms with Gasteiger partial charge in [-0.2, -0.15) is 5.10 Å². The van der Waals surface area contributed by atoms with Gasteiger partial charge in [-0.15, -0.1) is 11.3 Å². The Kier molecular flexibility index (Phi) is 4.25. The summed E-state index contributed by atoms with van der Waals surface area (Å²) >= 11 is 1.66. The molecule has 0 aliphatic carbocycles. The summed E-state index contributed by atoms with van der Waals surface area (Å²) in [5.74, 6) is 0.653. The van der Waals surface area contributed by atoms with E-state index in [-0.39, 0.29) is 12.5 Å². The van der Waals surface area contributed by atoms with Gasteiger partial charge in [0.05, 0.1) is 21.6 Å². The Labute approximate surface area is 138 Å². The normalized spacial score (nSPS) is 11.9. The molecule has 2 aromatic heterocycles. The lowest BCUT2D eigenvalue weighted by Crippen LogP contribution is -2.24. The molecule has 3 aromatic rings. The molecule has 118 valence electrons. The Morgan fingerprint density at radius 3 is 2.78 bits per heavy atom.